The van der Waals surface area contributed by atoms with Crippen LogP contribution < -0.4 is 16.8 Å². The Bertz CT molecular complexity index is 683. The van der Waals surface area contributed by atoms with Crippen LogP contribution in [0.2, 0.25) is 0 Å². The van der Waals surface area contributed by atoms with Crippen LogP contribution in [0.15, 0.2) is 42.5 Å². The highest BCUT2D eigenvalue weighted by molar-refractivity contribution is 6.00. The summed E-state index contributed by atoms with van der Waals surface area (Å²) in [6, 6.07) is 9.13. The Morgan fingerprint density at radius 3 is 2.33 bits per heavy atom. The van der Waals surface area contributed by atoms with Crippen LogP contribution in [-0.4, -0.2) is 5.91 Å². The van der Waals surface area contributed by atoms with Crippen LogP contribution in [0, 0.1) is 0 Å². The number of benzene rings is 2. The van der Waals surface area contributed by atoms with Gasteiger partial charge in [-0.05, 0) is 30.3 Å². The van der Waals surface area contributed by atoms with Crippen molar-refractivity contribution in [3.05, 3.63) is 53.6 Å². The van der Waals surface area contributed by atoms with Gasteiger partial charge in [-0.2, -0.15) is 13.2 Å². The summed E-state index contributed by atoms with van der Waals surface area (Å²) in [5.74, 6) is -0.783. The molecule has 0 radical (unpaired) electrons. The number of hydrogen-bond acceptors (Lipinski definition) is 3. The zero-order valence-corrected chi connectivity index (χ0v) is 10.7. The average molecular weight is 295 g/mol. The smallest absolute Gasteiger partial charge is 0.399 e. The van der Waals surface area contributed by atoms with E-state index in [9.17, 15) is 18.0 Å². The Balaban J connectivity index is 2.47. The maximum Gasteiger partial charge on any atom is 0.418 e. The van der Waals surface area contributed by atoms with Crippen molar-refractivity contribution in [2.75, 3.05) is 11.1 Å². The molecule has 0 aliphatic heterocycles. The summed E-state index contributed by atoms with van der Waals surface area (Å²) < 4.78 is 38.8. The highest BCUT2D eigenvalue weighted by atomic mass is 19.4. The zero-order valence-electron chi connectivity index (χ0n) is 10.7. The summed E-state index contributed by atoms with van der Waals surface area (Å²) in [6.07, 6.45) is -4.51. The Hall–Kier alpha value is -2.70. The van der Waals surface area contributed by atoms with Crippen molar-refractivity contribution in [3.8, 4) is 0 Å². The molecule has 0 spiro atoms. The van der Waals surface area contributed by atoms with Gasteiger partial charge in [0.25, 0.3) is 5.91 Å². The van der Waals surface area contributed by atoms with Crippen LogP contribution in [0.4, 0.5) is 30.2 Å². The maximum atomic E-state index is 12.9. The van der Waals surface area contributed by atoms with Crippen molar-refractivity contribution in [1.29, 1.82) is 0 Å². The van der Waals surface area contributed by atoms with E-state index in [0.29, 0.717) is 5.69 Å². The number of alkyl halides is 3. The van der Waals surface area contributed by atoms with Crippen molar-refractivity contribution < 1.29 is 18.0 Å². The number of hydrogen-bond donors (Lipinski definition) is 3. The van der Waals surface area contributed by atoms with E-state index in [4.69, 9.17) is 11.5 Å². The van der Waals surface area contributed by atoms with E-state index in [2.05, 4.69) is 5.32 Å². The topological polar surface area (TPSA) is 81.1 Å². The maximum absolute atomic E-state index is 12.9. The van der Waals surface area contributed by atoms with Gasteiger partial charge in [-0.25, -0.2) is 0 Å². The van der Waals surface area contributed by atoms with Crippen LogP contribution in [0.25, 0.3) is 0 Å². The van der Waals surface area contributed by atoms with Crippen LogP contribution in [0.1, 0.15) is 15.9 Å². The predicted octanol–water partition coefficient (Wildman–Crippen LogP) is 3.13. The van der Waals surface area contributed by atoms with E-state index in [1.165, 1.54) is 36.4 Å². The number of para-hydroxylation sites is 1. The van der Waals surface area contributed by atoms with Gasteiger partial charge in [0.15, 0.2) is 0 Å². The van der Waals surface area contributed by atoms with Gasteiger partial charge in [0.2, 0.25) is 0 Å². The fourth-order valence-corrected chi connectivity index (χ4v) is 1.86. The Morgan fingerprint density at radius 2 is 1.71 bits per heavy atom. The van der Waals surface area contributed by atoms with Gasteiger partial charge in [-0.15, -0.1) is 0 Å². The van der Waals surface area contributed by atoms with Crippen molar-refractivity contribution in [2.24, 2.45) is 5.73 Å². The van der Waals surface area contributed by atoms with E-state index in [1.807, 2.05) is 0 Å². The molecule has 0 bridgehead atoms. The first-order chi connectivity index (χ1) is 9.79. The van der Waals surface area contributed by atoms with E-state index < -0.39 is 17.6 Å². The van der Waals surface area contributed by atoms with Gasteiger partial charge in [0.1, 0.15) is 0 Å². The van der Waals surface area contributed by atoms with Crippen molar-refractivity contribution in [2.45, 2.75) is 6.18 Å². The molecule has 21 heavy (non-hydrogen) atoms. The number of amides is 1. The molecule has 2 aromatic carbocycles. The molecule has 0 fully saturated rings. The van der Waals surface area contributed by atoms with Crippen molar-refractivity contribution in [1.82, 2.24) is 0 Å². The predicted molar refractivity (Wildman–Crippen MR) is 74.1 cm³/mol. The number of nitrogen functional groups attached to an aromatic ring is 1. The van der Waals surface area contributed by atoms with Gasteiger partial charge in [0.05, 0.1) is 22.5 Å². The Morgan fingerprint density at radius 1 is 1.05 bits per heavy atom. The summed E-state index contributed by atoms with van der Waals surface area (Å²) in [5, 5.41) is 2.58. The highest BCUT2D eigenvalue weighted by Crippen LogP contribution is 2.36. The second-order valence-electron chi connectivity index (χ2n) is 4.34. The SMILES string of the molecule is NC(=O)c1cc(N)ccc1Nc1ccccc1C(F)(F)F. The zero-order chi connectivity index (χ0) is 15.6. The summed E-state index contributed by atoms with van der Waals surface area (Å²) >= 11 is 0. The number of nitrogens with two attached hydrogens (primary N) is 2. The lowest BCUT2D eigenvalue weighted by molar-refractivity contribution is -0.136. The number of nitrogens with one attached hydrogen (secondary N) is 1. The molecule has 0 saturated carbocycles. The van der Waals surface area contributed by atoms with E-state index in [-0.39, 0.29) is 16.9 Å². The molecule has 0 saturated heterocycles. The molecule has 0 atom stereocenters. The largest absolute Gasteiger partial charge is 0.418 e. The first-order valence-corrected chi connectivity index (χ1v) is 5.91. The van der Waals surface area contributed by atoms with Crippen molar-refractivity contribution in [3.63, 3.8) is 0 Å². The third-order valence-electron chi connectivity index (χ3n) is 2.81. The van der Waals surface area contributed by atoms with Crippen LogP contribution >= 0.6 is 0 Å². The molecule has 0 aromatic heterocycles. The molecule has 2 aromatic rings. The molecule has 0 unspecified atom stereocenters. The Labute approximate surface area is 118 Å². The molecular formula is C14H12F3N3O. The normalized spacial score (nSPS) is 11.2. The van der Waals surface area contributed by atoms with E-state index in [0.717, 1.165) is 6.07 Å². The third kappa shape index (κ3) is 3.25. The molecular weight excluding hydrogens is 283 g/mol. The number of carbonyl (C=O) groups is 1. The minimum Gasteiger partial charge on any atom is -0.399 e. The fraction of sp³-hybridized carbons (Fsp3) is 0.0714. The number of primary amides is 1. The van der Waals surface area contributed by atoms with Gasteiger partial charge in [-0.3, -0.25) is 4.79 Å². The lowest BCUT2D eigenvalue weighted by Crippen LogP contribution is -2.15. The fourth-order valence-electron chi connectivity index (χ4n) is 1.86. The van der Waals surface area contributed by atoms with Crippen LogP contribution in [0.3, 0.4) is 0 Å². The Kier molecular flexibility index (Phi) is 3.75. The minimum atomic E-state index is -4.51. The highest BCUT2D eigenvalue weighted by Gasteiger charge is 2.33. The second kappa shape index (κ2) is 5.35. The van der Waals surface area contributed by atoms with Crippen molar-refractivity contribution >= 4 is 23.0 Å². The summed E-state index contributed by atoms with van der Waals surface area (Å²) in [5.41, 5.74) is 10.2. The quantitative estimate of drug-likeness (QED) is 0.761. The molecule has 0 aliphatic carbocycles. The van der Waals surface area contributed by atoms with E-state index in [1.54, 1.807) is 0 Å². The second-order valence-corrected chi connectivity index (χ2v) is 4.34. The van der Waals surface area contributed by atoms with Gasteiger partial charge in [-0.1, -0.05) is 12.1 Å². The standard InChI is InChI=1S/C14H12F3N3O/c15-14(16,17)10-3-1-2-4-12(10)20-11-6-5-8(18)7-9(11)13(19)21/h1-7,20H,18H2,(H2,19,21). The molecule has 0 aliphatic rings. The molecule has 5 N–H and O–H groups in total. The van der Waals surface area contributed by atoms with Crippen LogP contribution in [0.5, 0.6) is 0 Å². The van der Waals surface area contributed by atoms with E-state index >= 15 is 0 Å². The van der Waals surface area contributed by atoms with Gasteiger partial charge in [0, 0.05) is 5.69 Å². The van der Waals surface area contributed by atoms with Gasteiger partial charge >= 0.3 is 6.18 Å². The minimum absolute atomic E-state index is 0.0203. The molecule has 1 amide bonds. The first-order valence-electron chi connectivity index (χ1n) is 5.91. The lowest BCUT2D eigenvalue weighted by Gasteiger charge is -2.16. The molecule has 4 nitrogen and oxygen atoms in total. The molecule has 0 heterocycles. The monoisotopic (exact) mass is 295 g/mol. The summed E-state index contributed by atoms with van der Waals surface area (Å²) in [7, 11) is 0. The number of carbonyl (C=O) groups excluding carboxylic acids is 1. The van der Waals surface area contributed by atoms with Gasteiger partial charge < -0.3 is 16.8 Å². The first kappa shape index (κ1) is 14.7. The average Bonchev–Trinajstić information content (AvgIpc) is 2.40. The molecule has 7 heteroatoms. The van der Waals surface area contributed by atoms with Crippen LogP contribution in [-0.2, 0) is 6.18 Å². The summed E-state index contributed by atoms with van der Waals surface area (Å²) in [6.45, 7) is 0. The third-order valence-corrected chi connectivity index (χ3v) is 2.81. The summed E-state index contributed by atoms with van der Waals surface area (Å²) in [4.78, 5) is 11.4. The number of anilines is 3. The lowest BCUT2D eigenvalue weighted by atomic mass is 10.1. The number of rotatable bonds is 3. The molecule has 110 valence electrons. The molecule has 2 rings (SSSR count). The number of halogens is 3.